The summed E-state index contributed by atoms with van der Waals surface area (Å²) in [4.78, 5) is 11.0. The molecular formula is C11H13NO2. The molecule has 1 heterocycles. The average molecular weight is 191 g/mol. The Labute approximate surface area is 83.1 Å². The van der Waals surface area contributed by atoms with E-state index in [2.05, 4.69) is 5.32 Å². The van der Waals surface area contributed by atoms with Crippen LogP contribution in [0.1, 0.15) is 24.2 Å². The Morgan fingerprint density at radius 3 is 2.79 bits per heavy atom. The standard InChI is InChI=1S/C11H13NO2/c1-7-4-3-5-9(6-7)10-8(2)12-11(13)14-10/h3-6,8,10H,1-2H3,(H,12,13)/t8-,10?/m0/s1. The van der Waals surface area contributed by atoms with Crippen molar-refractivity contribution in [1.29, 1.82) is 0 Å². The first-order valence-corrected chi connectivity index (χ1v) is 4.70. The predicted molar refractivity (Wildman–Crippen MR) is 53.0 cm³/mol. The molecule has 1 aromatic carbocycles. The first kappa shape index (κ1) is 9.06. The van der Waals surface area contributed by atoms with Gasteiger partial charge in [0.05, 0.1) is 6.04 Å². The van der Waals surface area contributed by atoms with Crippen LogP contribution in [0.25, 0.3) is 0 Å². The van der Waals surface area contributed by atoms with Gasteiger partial charge >= 0.3 is 6.09 Å². The first-order valence-electron chi connectivity index (χ1n) is 4.70. The smallest absolute Gasteiger partial charge is 0.408 e. The van der Waals surface area contributed by atoms with Gasteiger partial charge in [0.2, 0.25) is 0 Å². The van der Waals surface area contributed by atoms with Crippen molar-refractivity contribution in [2.75, 3.05) is 0 Å². The van der Waals surface area contributed by atoms with E-state index in [0.717, 1.165) is 5.56 Å². The largest absolute Gasteiger partial charge is 0.439 e. The number of ether oxygens (including phenoxy) is 1. The Morgan fingerprint density at radius 2 is 2.21 bits per heavy atom. The van der Waals surface area contributed by atoms with Crippen LogP contribution in [0.4, 0.5) is 4.79 Å². The van der Waals surface area contributed by atoms with Crippen molar-refractivity contribution >= 4 is 6.09 Å². The number of carbonyl (C=O) groups is 1. The molecule has 1 unspecified atom stereocenters. The molecule has 0 spiro atoms. The Hall–Kier alpha value is -1.51. The maximum Gasteiger partial charge on any atom is 0.408 e. The first-order chi connectivity index (χ1) is 6.66. The summed E-state index contributed by atoms with van der Waals surface area (Å²) in [5.74, 6) is 0. The Bertz CT molecular complexity index is 362. The van der Waals surface area contributed by atoms with Crippen LogP contribution < -0.4 is 5.32 Å². The van der Waals surface area contributed by atoms with E-state index in [9.17, 15) is 4.79 Å². The van der Waals surface area contributed by atoms with Crippen LogP contribution in [0.5, 0.6) is 0 Å². The zero-order valence-electron chi connectivity index (χ0n) is 8.28. The number of hydrogen-bond donors (Lipinski definition) is 1. The molecule has 0 aromatic heterocycles. The fraction of sp³-hybridized carbons (Fsp3) is 0.364. The molecule has 14 heavy (non-hydrogen) atoms. The van der Waals surface area contributed by atoms with Gasteiger partial charge in [0.1, 0.15) is 6.10 Å². The molecule has 1 fully saturated rings. The van der Waals surface area contributed by atoms with Gasteiger partial charge in [-0.25, -0.2) is 4.79 Å². The summed E-state index contributed by atoms with van der Waals surface area (Å²) >= 11 is 0. The van der Waals surface area contributed by atoms with Crippen molar-refractivity contribution in [3.05, 3.63) is 35.4 Å². The second kappa shape index (κ2) is 3.33. The molecule has 1 aliphatic rings. The van der Waals surface area contributed by atoms with Crippen molar-refractivity contribution in [2.24, 2.45) is 0 Å². The van der Waals surface area contributed by atoms with E-state index in [4.69, 9.17) is 4.74 Å². The Morgan fingerprint density at radius 1 is 1.43 bits per heavy atom. The number of aryl methyl sites for hydroxylation is 1. The van der Waals surface area contributed by atoms with E-state index in [1.807, 2.05) is 38.1 Å². The maximum absolute atomic E-state index is 11.0. The lowest BCUT2D eigenvalue weighted by atomic mass is 10.0. The van der Waals surface area contributed by atoms with E-state index in [0.29, 0.717) is 0 Å². The normalized spacial score (nSPS) is 25.7. The molecule has 1 aromatic rings. The second-order valence-electron chi connectivity index (χ2n) is 3.67. The topological polar surface area (TPSA) is 38.3 Å². The van der Waals surface area contributed by atoms with Crippen molar-refractivity contribution in [3.8, 4) is 0 Å². The van der Waals surface area contributed by atoms with Crippen molar-refractivity contribution in [3.63, 3.8) is 0 Å². The van der Waals surface area contributed by atoms with Crippen LogP contribution in [0, 0.1) is 6.92 Å². The minimum absolute atomic E-state index is 0.0456. The lowest BCUT2D eigenvalue weighted by Crippen LogP contribution is -2.23. The third kappa shape index (κ3) is 1.58. The molecule has 2 rings (SSSR count). The summed E-state index contributed by atoms with van der Waals surface area (Å²) < 4.78 is 5.16. The molecule has 0 saturated carbocycles. The average Bonchev–Trinajstić information content (AvgIpc) is 2.45. The number of benzene rings is 1. The highest BCUT2D eigenvalue weighted by molar-refractivity contribution is 5.70. The zero-order valence-corrected chi connectivity index (χ0v) is 8.28. The van der Waals surface area contributed by atoms with E-state index in [1.54, 1.807) is 0 Å². The molecule has 0 bridgehead atoms. The number of rotatable bonds is 1. The van der Waals surface area contributed by atoms with Crippen LogP contribution in [0.15, 0.2) is 24.3 Å². The number of alkyl carbamates (subject to hydrolysis) is 1. The van der Waals surface area contributed by atoms with Crippen LogP contribution in [-0.4, -0.2) is 12.1 Å². The molecule has 0 radical (unpaired) electrons. The van der Waals surface area contributed by atoms with E-state index < -0.39 is 0 Å². The van der Waals surface area contributed by atoms with Gasteiger partial charge in [0, 0.05) is 0 Å². The monoisotopic (exact) mass is 191 g/mol. The molecular weight excluding hydrogens is 178 g/mol. The van der Waals surface area contributed by atoms with E-state index in [1.165, 1.54) is 5.56 Å². The molecule has 1 saturated heterocycles. The minimum atomic E-state index is -0.330. The second-order valence-corrected chi connectivity index (χ2v) is 3.67. The summed E-state index contributed by atoms with van der Waals surface area (Å²) in [5, 5.41) is 2.72. The fourth-order valence-electron chi connectivity index (χ4n) is 1.72. The molecule has 3 heteroatoms. The number of hydrogen-bond acceptors (Lipinski definition) is 2. The lowest BCUT2D eigenvalue weighted by molar-refractivity contribution is 0.134. The number of nitrogens with one attached hydrogen (secondary N) is 1. The Kier molecular flexibility index (Phi) is 2.15. The lowest BCUT2D eigenvalue weighted by Gasteiger charge is -2.13. The van der Waals surface area contributed by atoms with Crippen LogP contribution in [0.2, 0.25) is 0 Å². The van der Waals surface area contributed by atoms with Gasteiger partial charge in [0.15, 0.2) is 0 Å². The minimum Gasteiger partial charge on any atom is -0.439 e. The van der Waals surface area contributed by atoms with E-state index in [-0.39, 0.29) is 18.2 Å². The summed E-state index contributed by atoms with van der Waals surface area (Å²) in [6, 6.07) is 8.07. The third-order valence-electron chi connectivity index (χ3n) is 2.40. The molecule has 74 valence electrons. The summed E-state index contributed by atoms with van der Waals surface area (Å²) in [6.45, 7) is 3.97. The molecule has 1 aliphatic heterocycles. The molecule has 3 nitrogen and oxygen atoms in total. The SMILES string of the molecule is Cc1cccc(C2OC(=O)N[C@H]2C)c1. The molecule has 1 amide bonds. The maximum atomic E-state index is 11.0. The van der Waals surface area contributed by atoms with Gasteiger partial charge in [-0.2, -0.15) is 0 Å². The van der Waals surface area contributed by atoms with Crippen molar-refractivity contribution < 1.29 is 9.53 Å². The Balaban J connectivity index is 2.27. The van der Waals surface area contributed by atoms with Crippen molar-refractivity contribution in [2.45, 2.75) is 26.0 Å². The fourth-order valence-corrected chi connectivity index (χ4v) is 1.72. The third-order valence-corrected chi connectivity index (χ3v) is 2.40. The van der Waals surface area contributed by atoms with Gasteiger partial charge in [-0.05, 0) is 19.4 Å². The van der Waals surface area contributed by atoms with Crippen molar-refractivity contribution in [1.82, 2.24) is 5.32 Å². The van der Waals surface area contributed by atoms with Gasteiger partial charge < -0.3 is 10.1 Å². The highest BCUT2D eigenvalue weighted by atomic mass is 16.6. The van der Waals surface area contributed by atoms with E-state index >= 15 is 0 Å². The summed E-state index contributed by atoms with van der Waals surface area (Å²) in [6.07, 6.45) is -0.480. The predicted octanol–water partition coefficient (Wildman–Crippen LogP) is 2.16. The number of carbonyl (C=O) groups excluding carboxylic acids is 1. The van der Waals surface area contributed by atoms with Gasteiger partial charge in [-0.3, -0.25) is 0 Å². The summed E-state index contributed by atoms with van der Waals surface area (Å²) in [7, 11) is 0. The van der Waals surface area contributed by atoms with Gasteiger partial charge in [0.25, 0.3) is 0 Å². The highest BCUT2D eigenvalue weighted by Gasteiger charge is 2.31. The summed E-state index contributed by atoms with van der Waals surface area (Å²) in [5.41, 5.74) is 2.23. The van der Waals surface area contributed by atoms with Crippen LogP contribution >= 0.6 is 0 Å². The molecule has 1 N–H and O–H groups in total. The number of amides is 1. The molecule has 2 atom stereocenters. The van der Waals surface area contributed by atoms with Gasteiger partial charge in [-0.1, -0.05) is 29.8 Å². The highest BCUT2D eigenvalue weighted by Crippen LogP contribution is 2.26. The molecule has 0 aliphatic carbocycles. The van der Waals surface area contributed by atoms with Gasteiger partial charge in [-0.15, -0.1) is 0 Å². The quantitative estimate of drug-likeness (QED) is 0.738. The zero-order chi connectivity index (χ0) is 10.1. The number of cyclic esters (lactones) is 1. The van der Waals surface area contributed by atoms with Crippen LogP contribution in [0.3, 0.4) is 0 Å². The van der Waals surface area contributed by atoms with Crippen LogP contribution in [-0.2, 0) is 4.74 Å².